The van der Waals surface area contributed by atoms with Crippen molar-refractivity contribution in [3.63, 3.8) is 0 Å². The number of nitriles is 1. The molecule has 0 fully saturated rings. The highest BCUT2D eigenvalue weighted by atomic mass is 19.1. The number of benzene rings is 1. The first-order valence-electron chi connectivity index (χ1n) is 5.08. The molecule has 0 spiro atoms. The van der Waals surface area contributed by atoms with Gasteiger partial charge in [-0.05, 0) is 29.3 Å². The normalized spacial score (nSPS) is 9.88. The summed E-state index contributed by atoms with van der Waals surface area (Å²) in [6.45, 7) is 0. The molecule has 17 heavy (non-hydrogen) atoms. The molecule has 0 bridgehead atoms. The van der Waals surface area contributed by atoms with Crippen molar-refractivity contribution in [2.45, 2.75) is 6.42 Å². The van der Waals surface area contributed by atoms with Crippen molar-refractivity contribution in [2.24, 2.45) is 0 Å². The molecular formula is C13H10FN3. The molecule has 0 saturated heterocycles. The summed E-state index contributed by atoms with van der Waals surface area (Å²) in [4.78, 5) is 4.00. The first-order chi connectivity index (χ1) is 8.20. The monoisotopic (exact) mass is 227 g/mol. The van der Waals surface area contributed by atoms with Crippen LogP contribution in [0.25, 0.3) is 11.1 Å². The van der Waals surface area contributed by atoms with Gasteiger partial charge in [-0.2, -0.15) is 5.26 Å². The summed E-state index contributed by atoms with van der Waals surface area (Å²) in [6.07, 6.45) is 1.86. The fourth-order valence-corrected chi connectivity index (χ4v) is 1.64. The molecule has 84 valence electrons. The van der Waals surface area contributed by atoms with Gasteiger partial charge in [-0.3, -0.25) is 0 Å². The maximum atomic E-state index is 12.8. The zero-order chi connectivity index (χ0) is 12.3. The molecule has 1 heterocycles. The Bertz CT molecular complexity index is 570. The number of aromatic nitrogens is 1. The van der Waals surface area contributed by atoms with E-state index in [4.69, 9.17) is 11.0 Å². The Morgan fingerprint density at radius 2 is 2.00 bits per heavy atom. The van der Waals surface area contributed by atoms with E-state index in [9.17, 15) is 4.39 Å². The molecule has 0 amide bonds. The van der Waals surface area contributed by atoms with Gasteiger partial charge < -0.3 is 5.73 Å². The fourth-order valence-electron chi connectivity index (χ4n) is 1.64. The van der Waals surface area contributed by atoms with E-state index in [1.807, 2.05) is 0 Å². The highest BCUT2D eigenvalue weighted by Gasteiger charge is 2.06. The Kier molecular flexibility index (Phi) is 3.01. The second kappa shape index (κ2) is 4.62. The van der Waals surface area contributed by atoms with Crippen LogP contribution in [0.15, 0.2) is 36.5 Å². The van der Waals surface area contributed by atoms with Gasteiger partial charge in [0.15, 0.2) is 0 Å². The van der Waals surface area contributed by atoms with Gasteiger partial charge in [0.1, 0.15) is 11.6 Å². The van der Waals surface area contributed by atoms with Crippen LogP contribution in [-0.2, 0) is 6.42 Å². The maximum absolute atomic E-state index is 12.8. The quantitative estimate of drug-likeness (QED) is 0.857. The minimum absolute atomic E-state index is 0.249. The van der Waals surface area contributed by atoms with Gasteiger partial charge >= 0.3 is 0 Å². The van der Waals surface area contributed by atoms with Gasteiger partial charge in [0, 0.05) is 11.8 Å². The van der Waals surface area contributed by atoms with Gasteiger partial charge in [0.25, 0.3) is 0 Å². The first kappa shape index (κ1) is 11.1. The summed E-state index contributed by atoms with van der Waals surface area (Å²) in [6, 6.07) is 9.81. The molecule has 0 atom stereocenters. The third kappa shape index (κ3) is 2.40. The van der Waals surface area contributed by atoms with Crippen LogP contribution in [0.2, 0.25) is 0 Å². The molecule has 1 aromatic heterocycles. The summed E-state index contributed by atoms with van der Waals surface area (Å²) in [5.41, 5.74) is 8.01. The van der Waals surface area contributed by atoms with Gasteiger partial charge in [-0.15, -0.1) is 0 Å². The Labute approximate surface area is 98.3 Å². The van der Waals surface area contributed by atoms with Crippen molar-refractivity contribution < 1.29 is 4.39 Å². The molecule has 2 rings (SSSR count). The van der Waals surface area contributed by atoms with Crippen LogP contribution in [0.4, 0.5) is 10.2 Å². The lowest BCUT2D eigenvalue weighted by molar-refractivity contribution is 0.628. The SMILES string of the molecule is N#CCc1cc(N)ncc1-c1ccc(F)cc1. The van der Waals surface area contributed by atoms with E-state index in [1.165, 1.54) is 12.1 Å². The van der Waals surface area contributed by atoms with Crippen molar-refractivity contribution in [3.05, 3.63) is 47.9 Å². The van der Waals surface area contributed by atoms with E-state index in [2.05, 4.69) is 11.1 Å². The highest BCUT2D eigenvalue weighted by Crippen LogP contribution is 2.24. The number of pyridine rings is 1. The minimum Gasteiger partial charge on any atom is -0.384 e. The van der Waals surface area contributed by atoms with Crippen LogP contribution in [0, 0.1) is 17.1 Å². The third-order valence-electron chi connectivity index (χ3n) is 2.44. The molecule has 4 heteroatoms. The highest BCUT2D eigenvalue weighted by molar-refractivity contribution is 5.68. The minimum atomic E-state index is -0.293. The molecule has 1 aromatic carbocycles. The van der Waals surface area contributed by atoms with Crippen LogP contribution >= 0.6 is 0 Å². The lowest BCUT2D eigenvalue weighted by Gasteiger charge is -2.07. The second-order valence-corrected chi connectivity index (χ2v) is 3.61. The van der Waals surface area contributed by atoms with Crippen molar-refractivity contribution >= 4 is 5.82 Å². The molecule has 0 aliphatic carbocycles. The zero-order valence-electron chi connectivity index (χ0n) is 9.02. The number of halogens is 1. The smallest absolute Gasteiger partial charge is 0.123 e. The van der Waals surface area contributed by atoms with Crippen LogP contribution < -0.4 is 5.73 Å². The molecule has 3 nitrogen and oxygen atoms in total. The molecule has 2 aromatic rings. The lowest BCUT2D eigenvalue weighted by Crippen LogP contribution is -1.95. The Hall–Kier alpha value is -2.41. The van der Waals surface area contributed by atoms with E-state index in [0.717, 1.165) is 16.7 Å². The summed E-state index contributed by atoms with van der Waals surface area (Å²) in [5, 5.41) is 8.75. The number of nitrogens with two attached hydrogens (primary N) is 1. The molecular weight excluding hydrogens is 217 g/mol. The van der Waals surface area contributed by atoms with Gasteiger partial charge in [0.05, 0.1) is 12.5 Å². The molecule has 0 aliphatic heterocycles. The van der Waals surface area contributed by atoms with Crippen molar-refractivity contribution in [1.82, 2.24) is 4.98 Å². The molecule has 0 radical (unpaired) electrons. The summed E-state index contributed by atoms with van der Waals surface area (Å²) < 4.78 is 12.8. The van der Waals surface area contributed by atoms with Crippen LogP contribution in [0.3, 0.4) is 0 Å². The van der Waals surface area contributed by atoms with Crippen molar-refractivity contribution in [2.75, 3.05) is 5.73 Å². The van der Waals surface area contributed by atoms with Gasteiger partial charge in [-0.1, -0.05) is 12.1 Å². The van der Waals surface area contributed by atoms with E-state index >= 15 is 0 Å². The Balaban J connectivity index is 2.51. The Morgan fingerprint density at radius 3 is 2.65 bits per heavy atom. The maximum Gasteiger partial charge on any atom is 0.123 e. The molecule has 0 unspecified atom stereocenters. The van der Waals surface area contributed by atoms with E-state index in [1.54, 1.807) is 24.4 Å². The third-order valence-corrected chi connectivity index (χ3v) is 2.44. The number of rotatable bonds is 2. The first-order valence-corrected chi connectivity index (χ1v) is 5.08. The summed E-state index contributed by atoms with van der Waals surface area (Å²) in [5.74, 6) is 0.0834. The number of hydrogen-bond donors (Lipinski definition) is 1. The summed E-state index contributed by atoms with van der Waals surface area (Å²) >= 11 is 0. The van der Waals surface area contributed by atoms with E-state index in [-0.39, 0.29) is 12.2 Å². The van der Waals surface area contributed by atoms with E-state index in [0.29, 0.717) is 5.82 Å². The molecule has 0 aliphatic rings. The largest absolute Gasteiger partial charge is 0.384 e. The zero-order valence-corrected chi connectivity index (χ0v) is 9.02. The van der Waals surface area contributed by atoms with Crippen molar-refractivity contribution in [1.29, 1.82) is 5.26 Å². The van der Waals surface area contributed by atoms with Crippen LogP contribution in [0.1, 0.15) is 5.56 Å². The van der Waals surface area contributed by atoms with Gasteiger partial charge in [0.2, 0.25) is 0 Å². The fraction of sp³-hybridized carbons (Fsp3) is 0.0769. The average Bonchev–Trinajstić information content (AvgIpc) is 2.31. The number of anilines is 1. The summed E-state index contributed by atoms with van der Waals surface area (Å²) in [7, 11) is 0. The molecule has 0 saturated carbocycles. The topological polar surface area (TPSA) is 62.7 Å². The second-order valence-electron chi connectivity index (χ2n) is 3.61. The van der Waals surface area contributed by atoms with Crippen LogP contribution in [0.5, 0.6) is 0 Å². The standard InChI is InChI=1S/C13H10FN3/c14-11-3-1-9(2-4-11)12-8-17-13(16)7-10(12)5-6-15/h1-4,7-8H,5H2,(H2,16,17). The Morgan fingerprint density at radius 1 is 1.29 bits per heavy atom. The predicted molar refractivity (Wildman–Crippen MR) is 63.4 cm³/mol. The number of nitrogens with zero attached hydrogens (tertiary/aromatic N) is 2. The molecule has 2 N–H and O–H groups in total. The van der Waals surface area contributed by atoms with Gasteiger partial charge in [-0.25, -0.2) is 9.37 Å². The number of nitrogen functional groups attached to an aromatic ring is 1. The average molecular weight is 227 g/mol. The van der Waals surface area contributed by atoms with Crippen LogP contribution in [-0.4, -0.2) is 4.98 Å². The lowest BCUT2D eigenvalue weighted by atomic mass is 10.0. The van der Waals surface area contributed by atoms with E-state index < -0.39 is 0 Å². The predicted octanol–water partition coefficient (Wildman–Crippen LogP) is 2.54. The van der Waals surface area contributed by atoms with Crippen molar-refractivity contribution in [3.8, 4) is 17.2 Å². The number of hydrogen-bond acceptors (Lipinski definition) is 3.